The Labute approximate surface area is 203 Å². The van der Waals surface area contributed by atoms with Crippen molar-refractivity contribution in [2.45, 2.75) is 31.2 Å². The van der Waals surface area contributed by atoms with Gasteiger partial charge in [-0.15, -0.1) is 0 Å². The number of carbonyl (C=O) groups is 1. The van der Waals surface area contributed by atoms with Crippen LogP contribution in [0.1, 0.15) is 34.6 Å². The number of piperidine rings is 1. The van der Waals surface area contributed by atoms with E-state index in [0.29, 0.717) is 25.1 Å². The molecule has 2 atom stereocenters. The van der Waals surface area contributed by atoms with Gasteiger partial charge in [-0.2, -0.15) is 13.2 Å². The number of nitrogens with one attached hydrogen (secondary N) is 1. The van der Waals surface area contributed by atoms with Crippen molar-refractivity contribution in [3.63, 3.8) is 0 Å². The van der Waals surface area contributed by atoms with Crippen LogP contribution in [-0.2, 0) is 17.5 Å². The van der Waals surface area contributed by atoms with Gasteiger partial charge in [0, 0.05) is 32.0 Å². The Morgan fingerprint density at radius 1 is 0.971 bits per heavy atom. The van der Waals surface area contributed by atoms with Crippen LogP contribution in [0.25, 0.3) is 0 Å². The first-order valence-corrected chi connectivity index (χ1v) is 11.7. The second-order valence-corrected chi connectivity index (χ2v) is 8.80. The molecule has 0 unspecified atom stereocenters. The van der Waals surface area contributed by atoms with E-state index in [2.05, 4.69) is 29.6 Å². The molecular weight excluding hydrogens is 453 g/mol. The minimum absolute atomic E-state index is 0.0116. The fourth-order valence-corrected chi connectivity index (χ4v) is 4.83. The monoisotopic (exact) mass is 482 g/mol. The first kappa shape index (κ1) is 24.8. The zero-order chi connectivity index (χ0) is 24.8. The molecule has 0 radical (unpaired) electrons. The van der Waals surface area contributed by atoms with Crippen LogP contribution in [0.15, 0.2) is 84.9 Å². The van der Waals surface area contributed by atoms with Gasteiger partial charge in [-0.25, -0.2) is 4.79 Å². The molecule has 1 aliphatic heterocycles. The predicted octanol–water partition coefficient (Wildman–Crippen LogP) is 6.08. The van der Waals surface area contributed by atoms with Crippen molar-refractivity contribution in [2.75, 3.05) is 20.1 Å². The molecule has 1 fully saturated rings. The van der Waals surface area contributed by atoms with Crippen LogP contribution in [-0.4, -0.2) is 37.2 Å². The number of halogens is 3. The summed E-state index contributed by atoms with van der Waals surface area (Å²) in [6.45, 7) is 1.26. The zero-order valence-corrected chi connectivity index (χ0v) is 19.5. The number of nitrogens with zero attached hydrogens (tertiary/aromatic N) is 1. The third-order valence-electron chi connectivity index (χ3n) is 6.58. The number of amides is 2. The van der Waals surface area contributed by atoms with Crippen molar-refractivity contribution in [3.8, 4) is 0 Å². The first-order chi connectivity index (χ1) is 16.9. The van der Waals surface area contributed by atoms with Gasteiger partial charge in [0.2, 0.25) is 0 Å². The lowest BCUT2D eigenvalue weighted by Crippen LogP contribution is -2.51. The maximum absolute atomic E-state index is 12.9. The summed E-state index contributed by atoms with van der Waals surface area (Å²) in [4.78, 5) is 14.3. The average molecular weight is 483 g/mol. The van der Waals surface area contributed by atoms with E-state index < -0.39 is 11.7 Å². The van der Waals surface area contributed by atoms with Crippen molar-refractivity contribution in [3.05, 3.63) is 107 Å². The van der Waals surface area contributed by atoms with E-state index in [9.17, 15) is 18.0 Å². The highest BCUT2D eigenvalue weighted by Crippen LogP contribution is 2.39. The first-order valence-electron chi connectivity index (χ1n) is 11.7. The topological polar surface area (TPSA) is 41.6 Å². The van der Waals surface area contributed by atoms with Gasteiger partial charge in [0.1, 0.15) is 0 Å². The van der Waals surface area contributed by atoms with Crippen molar-refractivity contribution in [1.29, 1.82) is 0 Å². The molecule has 184 valence electrons. The van der Waals surface area contributed by atoms with Crippen molar-refractivity contribution in [2.24, 2.45) is 5.92 Å². The summed E-state index contributed by atoms with van der Waals surface area (Å²) < 4.78 is 45.1. The third kappa shape index (κ3) is 6.03. The van der Waals surface area contributed by atoms with Gasteiger partial charge in [-0.3, -0.25) is 0 Å². The minimum Gasteiger partial charge on any atom is -0.373 e. The van der Waals surface area contributed by atoms with Crippen LogP contribution in [0.3, 0.4) is 0 Å². The Bertz CT molecular complexity index is 1050. The standard InChI is InChI=1S/C28H29F3N2O2/c1-32-27(34)33-17-16-25(35-19-20-12-14-23(15-13-20)28(29,30)31)24(18-33)26(21-8-4-2-5-9-21)22-10-6-3-7-11-22/h2-15,24-26H,16-19H2,1H3,(H,32,34)/t24-,25+/m1/s1. The lowest BCUT2D eigenvalue weighted by atomic mass is 9.75. The smallest absolute Gasteiger partial charge is 0.373 e. The molecule has 4 rings (SSSR count). The van der Waals surface area contributed by atoms with Gasteiger partial charge < -0.3 is 15.0 Å². The second kappa shape index (κ2) is 11.0. The molecule has 0 spiro atoms. The second-order valence-electron chi connectivity index (χ2n) is 8.80. The summed E-state index contributed by atoms with van der Waals surface area (Å²) in [6.07, 6.45) is -3.91. The number of benzene rings is 3. The Morgan fingerprint density at radius 3 is 2.06 bits per heavy atom. The zero-order valence-electron chi connectivity index (χ0n) is 19.5. The third-order valence-corrected chi connectivity index (χ3v) is 6.58. The average Bonchev–Trinajstić information content (AvgIpc) is 2.88. The summed E-state index contributed by atoms with van der Waals surface area (Å²) in [6, 6.07) is 25.3. The SMILES string of the molecule is CNC(=O)N1CC[C@H](OCc2ccc(C(F)(F)F)cc2)[C@H](C(c2ccccc2)c2ccccc2)C1. The van der Waals surface area contributed by atoms with E-state index in [1.54, 1.807) is 7.05 Å². The molecule has 1 heterocycles. The molecule has 0 aliphatic carbocycles. The summed E-state index contributed by atoms with van der Waals surface area (Å²) in [7, 11) is 1.62. The number of hydrogen-bond acceptors (Lipinski definition) is 2. The Morgan fingerprint density at radius 2 is 1.54 bits per heavy atom. The van der Waals surface area contributed by atoms with Gasteiger partial charge >= 0.3 is 12.2 Å². The maximum Gasteiger partial charge on any atom is 0.416 e. The number of carbonyl (C=O) groups excluding carboxylic acids is 1. The predicted molar refractivity (Wildman–Crippen MR) is 129 cm³/mol. The molecule has 1 aliphatic rings. The van der Waals surface area contributed by atoms with E-state index in [4.69, 9.17) is 4.74 Å². The maximum atomic E-state index is 12.9. The summed E-state index contributed by atoms with van der Waals surface area (Å²) in [5.41, 5.74) is 2.27. The molecule has 0 aromatic heterocycles. The molecule has 3 aromatic carbocycles. The Balaban J connectivity index is 1.61. The van der Waals surface area contributed by atoms with Crippen molar-refractivity contribution >= 4 is 6.03 Å². The molecule has 7 heteroatoms. The van der Waals surface area contributed by atoms with Crippen LogP contribution in [0.2, 0.25) is 0 Å². The Hall–Kier alpha value is -3.32. The summed E-state index contributed by atoms with van der Waals surface area (Å²) >= 11 is 0. The van der Waals surface area contributed by atoms with Crippen LogP contribution >= 0.6 is 0 Å². The minimum atomic E-state index is -4.37. The lowest BCUT2D eigenvalue weighted by molar-refractivity contribution is -0.137. The van der Waals surface area contributed by atoms with Gasteiger partial charge in [0.05, 0.1) is 18.3 Å². The highest BCUT2D eigenvalue weighted by atomic mass is 19.4. The van der Waals surface area contributed by atoms with Gasteiger partial charge in [-0.1, -0.05) is 72.8 Å². The van der Waals surface area contributed by atoms with Gasteiger partial charge in [0.25, 0.3) is 0 Å². The van der Waals surface area contributed by atoms with Crippen molar-refractivity contribution in [1.82, 2.24) is 10.2 Å². The fraction of sp³-hybridized carbons (Fsp3) is 0.321. The number of likely N-dealkylation sites (tertiary alicyclic amines) is 1. The van der Waals surface area contributed by atoms with Crippen molar-refractivity contribution < 1.29 is 22.7 Å². The quantitative estimate of drug-likeness (QED) is 0.462. The molecule has 1 N–H and O–H groups in total. The van der Waals surface area contributed by atoms with E-state index in [-0.39, 0.29) is 30.6 Å². The number of urea groups is 1. The van der Waals surface area contributed by atoms with E-state index >= 15 is 0 Å². The number of rotatable bonds is 6. The molecule has 2 amide bonds. The number of hydrogen-bond donors (Lipinski definition) is 1. The van der Waals surface area contributed by atoms with Crippen LogP contribution in [0.5, 0.6) is 0 Å². The summed E-state index contributed by atoms with van der Waals surface area (Å²) in [5, 5.41) is 2.72. The highest BCUT2D eigenvalue weighted by molar-refractivity contribution is 5.74. The fourth-order valence-electron chi connectivity index (χ4n) is 4.83. The summed E-state index contributed by atoms with van der Waals surface area (Å²) in [5.74, 6) is -0.0530. The molecule has 35 heavy (non-hydrogen) atoms. The van der Waals surface area contributed by atoms with E-state index in [1.807, 2.05) is 41.3 Å². The number of alkyl halides is 3. The molecular formula is C28H29F3N2O2. The van der Waals surface area contributed by atoms with E-state index in [0.717, 1.165) is 23.3 Å². The normalized spacial score (nSPS) is 18.5. The van der Waals surface area contributed by atoms with Crippen LogP contribution in [0.4, 0.5) is 18.0 Å². The largest absolute Gasteiger partial charge is 0.416 e. The lowest BCUT2D eigenvalue weighted by Gasteiger charge is -2.42. The van der Waals surface area contributed by atoms with E-state index in [1.165, 1.54) is 12.1 Å². The molecule has 0 bridgehead atoms. The van der Waals surface area contributed by atoms with Gasteiger partial charge in [0.15, 0.2) is 0 Å². The molecule has 4 nitrogen and oxygen atoms in total. The Kier molecular flexibility index (Phi) is 7.76. The van der Waals surface area contributed by atoms with Gasteiger partial charge in [-0.05, 0) is 35.2 Å². The molecule has 1 saturated heterocycles. The highest BCUT2D eigenvalue weighted by Gasteiger charge is 2.38. The molecule has 3 aromatic rings. The number of ether oxygens (including phenoxy) is 1. The molecule has 0 saturated carbocycles. The van der Waals surface area contributed by atoms with Crippen LogP contribution in [0, 0.1) is 5.92 Å². The van der Waals surface area contributed by atoms with Crippen LogP contribution < -0.4 is 5.32 Å².